The number of methoxy groups -OCH3 is 1. The van der Waals surface area contributed by atoms with Crippen LogP contribution in [0, 0.1) is 5.92 Å². The van der Waals surface area contributed by atoms with Gasteiger partial charge in [0.25, 0.3) is 5.91 Å². The molecular weight excluding hydrogens is 290 g/mol. The molecule has 0 unspecified atom stereocenters. The number of benzene rings is 1. The van der Waals surface area contributed by atoms with Crippen LogP contribution in [0.3, 0.4) is 0 Å². The largest absolute Gasteiger partial charge is 0.497 e. The molecule has 0 spiro atoms. The standard InChI is InChI=1S/C18H29N3O2/c1-15(2)12-19-18(22)14-21-10-8-20(9-11-21)13-16-4-6-17(23-3)7-5-16/h4-7,15H,8-14H2,1-3H3,(H,19,22)/p+2. The number of nitrogens with one attached hydrogen (secondary N) is 3. The minimum Gasteiger partial charge on any atom is -0.497 e. The Morgan fingerprint density at radius 1 is 1.13 bits per heavy atom. The van der Waals surface area contributed by atoms with Gasteiger partial charge in [-0.1, -0.05) is 13.8 Å². The summed E-state index contributed by atoms with van der Waals surface area (Å²) >= 11 is 0. The van der Waals surface area contributed by atoms with Gasteiger partial charge in [-0.15, -0.1) is 0 Å². The van der Waals surface area contributed by atoms with Crippen molar-refractivity contribution in [1.82, 2.24) is 5.32 Å². The molecule has 1 fully saturated rings. The summed E-state index contributed by atoms with van der Waals surface area (Å²) in [6.07, 6.45) is 0. The molecule has 0 bridgehead atoms. The molecule has 0 saturated carbocycles. The van der Waals surface area contributed by atoms with Crippen LogP contribution < -0.4 is 19.9 Å². The Hall–Kier alpha value is -1.59. The van der Waals surface area contributed by atoms with E-state index in [0.717, 1.165) is 45.0 Å². The number of amides is 1. The predicted molar refractivity (Wildman–Crippen MR) is 90.8 cm³/mol. The van der Waals surface area contributed by atoms with E-state index in [4.69, 9.17) is 4.74 Å². The first-order chi connectivity index (χ1) is 11.1. The Morgan fingerprint density at radius 3 is 2.30 bits per heavy atom. The quantitative estimate of drug-likeness (QED) is 0.588. The van der Waals surface area contributed by atoms with E-state index in [2.05, 4.69) is 31.3 Å². The fraction of sp³-hybridized carbons (Fsp3) is 0.611. The molecule has 1 saturated heterocycles. The molecule has 5 heteroatoms. The van der Waals surface area contributed by atoms with Crippen LogP contribution in [0.4, 0.5) is 0 Å². The maximum Gasteiger partial charge on any atom is 0.275 e. The summed E-state index contributed by atoms with van der Waals surface area (Å²) in [6.45, 7) is 11.1. The summed E-state index contributed by atoms with van der Waals surface area (Å²) in [5.74, 6) is 1.61. The number of hydrogen-bond donors (Lipinski definition) is 3. The van der Waals surface area contributed by atoms with Crippen LogP contribution in [0.5, 0.6) is 5.75 Å². The van der Waals surface area contributed by atoms with Gasteiger partial charge < -0.3 is 19.9 Å². The lowest BCUT2D eigenvalue weighted by atomic mass is 10.2. The SMILES string of the molecule is COc1ccc(C[NH+]2CC[NH+](CC(=O)NCC(C)C)CC2)cc1. The number of rotatable bonds is 7. The first kappa shape index (κ1) is 17.8. The number of quaternary nitrogens is 2. The van der Waals surface area contributed by atoms with Gasteiger partial charge >= 0.3 is 0 Å². The molecule has 1 heterocycles. The zero-order valence-electron chi connectivity index (χ0n) is 14.7. The van der Waals surface area contributed by atoms with Gasteiger partial charge in [-0.3, -0.25) is 4.79 Å². The van der Waals surface area contributed by atoms with Gasteiger partial charge in [-0.05, 0) is 30.2 Å². The summed E-state index contributed by atoms with van der Waals surface area (Å²) in [4.78, 5) is 14.9. The first-order valence-electron chi connectivity index (χ1n) is 8.63. The summed E-state index contributed by atoms with van der Waals surface area (Å²) in [5.41, 5.74) is 1.35. The Labute approximate surface area is 139 Å². The highest BCUT2D eigenvalue weighted by Crippen LogP contribution is 2.10. The van der Waals surface area contributed by atoms with Crippen LogP contribution in [0.25, 0.3) is 0 Å². The van der Waals surface area contributed by atoms with Crippen LogP contribution in [-0.4, -0.2) is 52.3 Å². The summed E-state index contributed by atoms with van der Waals surface area (Å²) < 4.78 is 5.20. The van der Waals surface area contributed by atoms with Crippen molar-refractivity contribution < 1.29 is 19.3 Å². The molecule has 0 atom stereocenters. The normalized spacial score (nSPS) is 21.2. The molecule has 0 aliphatic carbocycles. The third-order valence-electron chi connectivity index (χ3n) is 4.40. The molecule has 1 aromatic carbocycles. The lowest BCUT2D eigenvalue weighted by Gasteiger charge is -2.29. The van der Waals surface area contributed by atoms with Crippen LogP contribution in [0.1, 0.15) is 19.4 Å². The van der Waals surface area contributed by atoms with Crippen LogP contribution in [-0.2, 0) is 11.3 Å². The molecule has 23 heavy (non-hydrogen) atoms. The highest BCUT2D eigenvalue weighted by molar-refractivity contribution is 5.76. The van der Waals surface area contributed by atoms with Crippen molar-refractivity contribution in [3.63, 3.8) is 0 Å². The molecule has 1 aromatic rings. The fourth-order valence-corrected chi connectivity index (χ4v) is 2.95. The Kier molecular flexibility index (Phi) is 6.86. The van der Waals surface area contributed by atoms with E-state index in [-0.39, 0.29) is 5.91 Å². The Balaban J connectivity index is 1.69. The number of hydrogen-bond acceptors (Lipinski definition) is 2. The Bertz CT molecular complexity index is 480. The third kappa shape index (κ3) is 6.20. The van der Waals surface area contributed by atoms with Crippen molar-refractivity contribution >= 4 is 5.91 Å². The minimum atomic E-state index is 0.187. The van der Waals surface area contributed by atoms with E-state index in [9.17, 15) is 4.79 Å². The van der Waals surface area contributed by atoms with Crippen LogP contribution in [0.2, 0.25) is 0 Å². The second-order valence-electron chi connectivity index (χ2n) is 6.90. The maximum absolute atomic E-state index is 11.9. The lowest BCUT2D eigenvalue weighted by molar-refractivity contribution is -1.02. The zero-order valence-corrected chi connectivity index (χ0v) is 14.7. The van der Waals surface area contributed by atoms with E-state index in [0.29, 0.717) is 12.5 Å². The minimum absolute atomic E-state index is 0.187. The summed E-state index contributed by atoms with van der Waals surface area (Å²) in [5, 5.41) is 3.01. The number of piperazine rings is 1. The maximum atomic E-state index is 11.9. The number of carbonyl (C=O) groups is 1. The van der Waals surface area contributed by atoms with Gasteiger partial charge in [0.05, 0.1) is 7.11 Å². The van der Waals surface area contributed by atoms with Gasteiger partial charge in [0, 0.05) is 12.1 Å². The topological polar surface area (TPSA) is 47.2 Å². The summed E-state index contributed by atoms with van der Waals surface area (Å²) in [7, 11) is 1.69. The molecule has 5 nitrogen and oxygen atoms in total. The van der Waals surface area contributed by atoms with Crippen LogP contribution >= 0.6 is 0 Å². The second kappa shape index (κ2) is 8.89. The summed E-state index contributed by atoms with van der Waals surface area (Å²) in [6, 6.07) is 8.33. The first-order valence-corrected chi connectivity index (χ1v) is 8.63. The predicted octanol–water partition coefficient (Wildman–Crippen LogP) is -1.25. The van der Waals surface area contributed by atoms with Gasteiger partial charge in [-0.2, -0.15) is 0 Å². The van der Waals surface area contributed by atoms with Crippen molar-refractivity contribution in [3.8, 4) is 5.75 Å². The molecule has 3 N–H and O–H groups in total. The fourth-order valence-electron chi connectivity index (χ4n) is 2.95. The number of ether oxygens (including phenoxy) is 1. The van der Waals surface area contributed by atoms with E-state index in [1.807, 2.05) is 12.1 Å². The highest BCUT2D eigenvalue weighted by Gasteiger charge is 2.24. The average Bonchev–Trinajstić information content (AvgIpc) is 2.55. The van der Waals surface area contributed by atoms with Crippen molar-refractivity contribution in [2.24, 2.45) is 5.92 Å². The molecule has 1 aliphatic rings. The lowest BCUT2D eigenvalue weighted by Crippen LogP contribution is -3.28. The molecular formula is C18H31N3O2+2. The molecule has 0 aromatic heterocycles. The molecule has 0 radical (unpaired) electrons. The zero-order chi connectivity index (χ0) is 16.7. The van der Waals surface area contributed by atoms with Gasteiger partial charge in [0.15, 0.2) is 6.54 Å². The van der Waals surface area contributed by atoms with Crippen molar-refractivity contribution in [2.75, 3.05) is 46.4 Å². The molecule has 128 valence electrons. The van der Waals surface area contributed by atoms with E-state index < -0.39 is 0 Å². The molecule has 1 amide bonds. The average molecular weight is 321 g/mol. The second-order valence-corrected chi connectivity index (χ2v) is 6.90. The van der Waals surface area contributed by atoms with E-state index >= 15 is 0 Å². The highest BCUT2D eigenvalue weighted by atomic mass is 16.5. The monoisotopic (exact) mass is 321 g/mol. The molecule has 2 rings (SSSR count). The van der Waals surface area contributed by atoms with Gasteiger partial charge in [0.2, 0.25) is 0 Å². The van der Waals surface area contributed by atoms with E-state index in [1.54, 1.807) is 12.0 Å². The van der Waals surface area contributed by atoms with Crippen molar-refractivity contribution in [2.45, 2.75) is 20.4 Å². The van der Waals surface area contributed by atoms with Crippen molar-refractivity contribution in [1.29, 1.82) is 0 Å². The number of carbonyl (C=O) groups excluding carboxylic acids is 1. The van der Waals surface area contributed by atoms with Gasteiger partial charge in [0.1, 0.15) is 38.5 Å². The van der Waals surface area contributed by atoms with Crippen LogP contribution in [0.15, 0.2) is 24.3 Å². The Morgan fingerprint density at radius 2 is 1.74 bits per heavy atom. The smallest absolute Gasteiger partial charge is 0.275 e. The van der Waals surface area contributed by atoms with Crippen molar-refractivity contribution in [3.05, 3.63) is 29.8 Å². The molecule has 1 aliphatic heterocycles. The van der Waals surface area contributed by atoms with E-state index in [1.165, 1.54) is 10.5 Å². The van der Waals surface area contributed by atoms with Gasteiger partial charge in [-0.25, -0.2) is 0 Å². The third-order valence-corrected chi connectivity index (χ3v) is 4.40.